The van der Waals surface area contributed by atoms with Gasteiger partial charge in [0.15, 0.2) is 5.69 Å². The Morgan fingerprint density at radius 2 is 1.76 bits per heavy atom. The highest BCUT2D eigenvalue weighted by molar-refractivity contribution is 5.97. The van der Waals surface area contributed by atoms with Gasteiger partial charge in [0.2, 0.25) is 5.91 Å². The number of nitrogen functional groups attached to an aromatic ring is 1. The van der Waals surface area contributed by atoms with Crippen molar-refractivity contribution in [2.45, 2.75) is 33.2 Å². The molecule has 1 heterocycles. The highest BCUT2D eigenvalue weighted by Crippen LogP contribution is 2.23. The summed E-state index contributed by atoms with van der Waals surface area (Å²) in [4.78, 5) is 53.1. The molecule has 0 radical (unpaired) electrons. The third-order valence-corrected chi connectivity index (χ3v) is 5.43. The topological polar surface area (TPSA) is 144 Å². The second-order valence-electron chi connectivity index (χ2n) is 8.36. The summed E-state index contributed by atoms with van der Waals surface area (Å²) in [6.45, 7) is 4.20. The van der Waals surface area contributed by atoms with Crippen molar-refractivity contribution in [2.24, 2.45) is 5.92 Å². The Morgan fingerprint density at radius 1 is 1.12 bits per heavy atom. The van der Waals surface area contributed by atoms with Crippen LogP contribution in [0.5, 0.6) is 0 Å². The van der Waals surface area contributed by atoms with Crippen molar-refractivity contribution in [1.82, 2.24) is 9.55 Å². The number of aromatic nitrogens is 2. The van der Waals surface area contributed by atoms with Crippen LogP contribution in [0.3, 0.4) is 0 Å². The van der Waals surface area contributed by atoms with Crippen molar-refractivity contribution in [3.05, 3.63) is 96.7 Å². The van der Waals surface area contributed by atoms with Gasteiger partial charge in [0.05, 0.1) is 17.9 Å². The molecular weight excluding hydrogens is 438 g/mol. The zero-order chi connectivity index (χ0) is 24.8. The Balaban J connectivity index is 2.06. The van der Waals surface area contributed by atoms with Crippen molar-refractivity contribution >= 4 is 23.1 Å². The molecule has 0 atom stereocenters. The molecule has 0 bridgehead atoms. The van der Waals surface area contributed by atoms with E-state index in [0.717, 1.165) is 5.56 Å². The lowest BCUT2D eigenvalue weighted by Gasteiger charge is -2.25. The molecule has 0 spiro atoms. The van der Waals surface area contributed by atoms with Gasteiger partial charge in [-0.25, -0.2) is 4.79 Å². The van der Waals surface area contributed by atoms with E-state index in [4.69, 9.17) is 5.73 Å². The average molecular weight is 466 g/mol. The predicted octanol–water partition coefficient (Wildman–Crippen LogP) is 2.70. The smallest absolute Gasteiger partial charge is 0.330 e. The van der Waals surface area contributed by atoms with Crippen LogP contribution in [0.4, 0.5) is 17.2 Å². The first-order chi connectivity index (χ1) is 16.2. The highest BCUT2D eigenvalue weighted by atomic mass is 16.6. The molecule has 0 aliphatic carbocycles. The summed E-state index contributed by atoms with van der Waals surface area (Å²) in [6.07, 6.45) is 0.255. The van der Waals surface area contributed by atoms with Gasteiger partial charge < -0.3 is 10.6 Å². The lowest BCUT2D eigenvalue weighted by Crippen LogP contribution is -2.42. The van der Waals surface area contributed by atoms with E-state index in [2.05, 4.69) is 4.98 Å². The first-order valence-electron chi connectivity index (χ1n) is 10.9. The molecule has 0 aliphatic heterocycles. The Morgan fingerprint density at radius 3 is 2.41 bits per heavy atom. The van der Waals surface area contributed by atoms with E-state index < -0.39 is 22.1 Å². The van der Waals surface area contributed by atoms with Gasteiger partial charge >= 0.3 is 5.69 Å². The number of nitrogens with one attached hydrogen (secondary N) is 1. The van der Waals surface area contributed by atoms with Gasteiger partial charge in [-0.2, -0.15) is 0 Å². The molecule has 3 rings (SSSR count). The molecule has 2 aromatic carbocycles. The molecular formula is C24H27N5O5. The van der Waals surface area contributed by atoms with Gasteiger partial charge in [-0.05, 0) is 17.9 Å². The van der Waals surface area contributed by atoms with E-state index in [0.29, 0.717) is 6.42 Å². The molecule has 178 valence electrons. The molecule has 3 aromatic rings. The van der Waals surface area contributed by atoms with Crippen LogP contribution >= 0.6 is 0 Å². The largest absolute Gasteiger partial charge is 0.383 e. The highest BCUT2D eigenvalue weighted by Gasteiger charge is 2.26. The second kappa shape index (κ2) is 10.6. The molecule has 1 aromatic heterocycles. The number of nitro groups is 1. The monoisotopic (exact) mass is 465 g/mol. The minimum Gasteiger partial charge on any atom is -0.383 e. The van der Waals surface area contributed by atoms with Gasteiger partial charge in [0.25, 0.3) is 11.2 Å². The minimum absolute atomic E-state index is 0.103. The van der Waals surface area contributed by atoms with Crippen LogP contribution in [0.15, 0.2) is 64.2 Å². The molecule has 3 N–H and O–H groups in total. The molecule has 0 fully saturated rings. The number of hydrogen-bond acceptors (Lipinski definition) is 6. The first kappa shape index (κ1) is 24.4. The van der Waals surface area contributed by atoms with Crippen LogP contribution in [0.25, 0.3) is 0 Å². The van der Waals surface area contributed by atoms with E-state index >= 15 is 0 Å². The normalized spacial score (nSPS) is 10.9. The summed E-state index contributed by atoms with van der Waals surface area (Å²) in [6, 6.07) is 15.0. The number of rotatable bonds is 9. The van der Waals surface area contributed by atoms with Gasteiger partial charge in [-0.1, -0.05) is 62.4 Å². The Kier molecular flexibility index (Phi) is 7.62. The summed E-state index contributed by atoms with van der Waals surface area (Å²) in [5, 5.41) is 11.4. The van der Waals surface area contributed by atoms with E-state index in [-0.39, 0.29) is 48.2 Å². The van der Waals surface area contributed by atoms with Gasteiger partial charge in [0.1, 0.15) is 5.82 Å². The number of anilines is 2. The van der Waals surface area contributed by atoms with E-state index in [1.54, 1.807) is 6.07 Å². The number of carbonyl (C=O) groups is 1. The maximum Gasteiger partial charge on any atom is 0.330 e. The van der Waals surface area contributed by atoms with Crippen LogP contribution in [0, 0.1) is 16.0 Å². The molecule has 0 saturated heterocycles. The predicted molar refractivity (Wildman–Crippen MR) is 130 cm³/mol. The van der Waals surface area contributed by atoms with Crippen molar-refractivity contribution in [2.75, 3.05) is 17.2 Å². The number of benzene rings is 2. The molecule has 10 nitrogen and oxygen atoms in total. The number of nitro benzene ring substituents is 1. The first-order valence-corrected chi connectivity index (χ1v) is 10.9. The summed E-state index contributed by atoms with van der Waals surface area (Å²) < 4.78 is 1.20. The van der Waals surface area contributed by atoms with Crippen LogP contribution in [0.1, 0.15) is 31.4 Å². The van der Waals surface area contributed by atoms with Gasteiger partial charge in [-0.3, -0.25) is 29.3 Å². The number of nitrogens with two attached hydrogens (primary N) is 1. The maximum atomic E-state index is 13.4. The minimum atomic E-state index is -0.786. The number of hydrogen-bond donors (Lipinski definition) is 2. The summed E-state index contributed by atoms with van der Waals surface area (Å²) in [5.41, 5.74) is 5.50. The summed E-state index contributed by atoms with van der Waals surface area (Å²) >= 11 is 0. The Bertz CT molecular complexity index is 1300. The van der Waals surface area contributed by atoms with Crippen LogP contribution in [0.2, 0.25) is 0 Å². The summed E-state index contributed by atoms with van der Waals surface area (Å²) in [5.74, 6) is -0.466. The SMILES string of the molecule is CC(C)CCN(C(=O)Cc1ccccc1[N+](=O)[O-])c1c(N)n(Cc2ccccc2)c(=O)[nH]c1=O. The van der Waals surface area contributed by atoms with Crippen LogP contribution < -0.4 is 21.9 Å². The van der Waals surface area contributed by atoms with E-state index in [9.17, 15) is 24.5 Å². The number of nitrogens with zero attached hydrogens (tertiary/aromatic N) is 3. The number of H-pyrrole nitrogens is 1. The summed E-state index contributed by atoms with van der Waals surface area (Å²) in [7, 11) is 0. The average Bonchev–Trinajstić information content (AvgIpc) is 2.79. The lowest BCUT2D eigenvalue weighted by atomic mass is 10.1. The number of para-hydroxylation sites is 1. The quantitative estimate of drug-likeness (QED) is 0.367. The maximum absolute atomic E-state index is 13.4. The fourth-order valence-electron chi connectivity index (χ4n) is 3.61. The Labute approximate surface area is 195 Å². The lowest BCUT2D eigenvalue weighted by molar-refractivity contribution is -0.385. The van der Waals surface area contributed by atoms with Crippen LogP contribution in [-0.2, 0) is 17.8 Å². The number of amides is 1. The van der Waals surface area contributed by atoms with Crippen molar-refractivity contribution in [3.8, 4) is 0 Å². The second-order valence-corrected chi connectivity index (χ2v) is 8.36. The third-order valence-electron chi connectivity index (χ3n) is 5.43. The fraction of sp³-hybridized carbons (Fsp3) is 0.292. The molecule has 1 amide bonds. The number of aromatic amines is 1. The Hall–Kier alpha value is -4.21. The van der Waals surface area contributed by atoms with E-state index in [1.165, 1.54) is 27.7 Å². The molecule has 0 unspecified atom stereocenters. The van der Waals surface area contributed by atoms with Crippen molar-refractivity contribution < 1.29 is 9.72 Å². The molecule has 0 saturated carbocycles. The number of carbonyl (C=O) groups excluding carboxylic acids is 1. The zero-order valence-electron chi connectivity index (χ0n) is 19.1. The van der Waals surface area contributed by atoms with E-state index in [1.807, 2.05) is 44.2 Å². The molecule has 0 aliphatic rings. The third kappa shape index (κ3) is 5.58. The van der Waals surface area contributed by atoms with Crippen molar-refractivity contribution in [3.63, 3.8) is 0 Å². The van der Waals surface area contributed by atoms with Gasteiger partial charge in [0, 0.05) is 18.2 Å². The molecule has 34 heavy (non-hydrogen) atoms. The fourth-order valence-corrected chi connectivity index (χ4v) is 3.61. The molecule has 10 heteroatoms. The van der Waals surface area contributed by atoms with Crippen molar-refractivity contribution in [1.29, 1.82) is 0 Å². The van der Waals surface area contributed by atoms with Crippen LogP contribution in [-0.4, -0.2) is 26.9 Å². The zero-order valence-corrected chi connectivity index (χ0v) is 19.1. The van der Waals surface area contributed by atoms with Gasteiger partial charge in [-0.15, -0.1) is 0 Å². The standard InChI is InChI=1S/C24H27N5O5/c1-16(2)12-13-27(20(30)14-18-10-6-7-11-19(18)29(33)34)21-22(25)28(24(32)26-23(21)31)15-17-8-4-3-5-9-17/h3-11,16H,12-15,25H2,1-2H3,(H,26,31,32).